The second kappa shape index (κ2) is 11.6. The summed E-state index contributed by atoms with van der Waals surface area (Å²) in [7, 11) is 0. The first-order chi connectivity index (χ1) is 15.6. The summed E-state index contributed by atoms with van der Waals surface area (Å²) in [6, 6.07) is 3.62. The van der Waals surface area contributed by atoms with E-state index in [1.54, 1.807) is 12.3 Å². The second-order valence-electron chi connectivity index (χ2n) is 7.56. The van der Waals surface area contributed by atoms with Crippen molar-refractivity contribution >= 4 is 40.6 Å². The molecule has 0 aliphatic carbocycles. The molecule has 2 aromatic rings. The van der Waals surface area contributed by atoms with Crippen molar-refractivity contribution in [2.75, 3.05) is 0 Å². The summed E-state index contributed by atoms with van der Waals surface area (Å²) in [6.45, 7) is 0. The summed E-state index contributed by atoms with van der Waals surface area (Å²) in [6.07, 6.45) is 0.648. The zero-order valence-electron chi connectivity index (χ0n) is 17.7. The lowest BCUT2D eigenvalue weighted by Crippen LogP contribution is -2.52. The SMILES string of the molecule is NC(=O)[C@H](N)CCC(=O)N[C@@H](CCC(=O)O)C(=O)N[C@@H](Cc1c[nH]c2ccccc12)C(=O)O. The van der Waals surface area contributed by atoms with Crippen molar-refractivity contribution in [3.05, 3.63) is 36.0 Å². The number of nitrogens with one attached hydrogen (secondary N) is 3. The number of nitrogens with two attached hydrogens (primary N) is 2. The summed E-state index contributed by atoms with van der Waals surface area (Å²) in [4.78, 5) is 61.7. The number of carbonyl (C=O) groups is 5. The Bertz CT molecular complexity index is 1030. The van der Waals surface area contributed by atoms with Gasteiger partial charge in [-0.3, -0.25) is 19.2 Å². The predicted molar refractivity (Wildman–Crippen MR) is 117 cm³/mol. The maximum atomic E-state index is 12.8. The van der Waals surface area contributed by atoms with Gasteiger partial charge in [-0.2, -0.15) is 0 Å². The Morgan fingerprint density at radius 3 is 2.30 bits per heavy atom. The van der Waals surface area contributed by atoms with Gasteiger partial charge in [-0.25, -0.2) is 4.79 Å². The van der Waals surface area contributed by atoms with E-state index in [0.29, 0.717) is 5.56 Å². The summed E-state index contributed by atoms with van der Waals surface area (Å²) >= 11 is 0. The molecule has 0 aliphatic heterocycles. The number of carbonyl (C=O) groups excluding carboxylic acids is 3. The number of amides is 3. The average molecular weight is 461 g/mol. The number of benzene rings is 1. The van der Waals surface area contributed by atoms with Gasteiger partial charge in [-0.05, 0) is 24.5 Å². The van der Waals surface area contributed by atoms with E-state index in [4.69, 9.17) is 16.6 Å². The van der Waals surface area contributed by atoms with Gasteiger partial charge in [0.1, 0.15) is 12.1 Å². The fourth-order valence-corrected chi connectivity index (χ4v) is 3.22. The largest absolute Gasteiger partial charge is 0.481 e. The fourth-order valence-electron chi connectivity index (χ4n) is 3.22. The molecule has 1 aromatic carbocycles. The molecule has 0 fully saturated rings. The first-order valence-electron chi connectivity index (χ1n) is 10.2. The molecule has 0 aliphatic rings. The number of aromatic amines is 1. The molecule has 1 heterocycles. The monoisotopic (exact) mass is 461 g/mol. The number of primary amides is 1. The van der Waals surface area contributed by atoms with Gasteiger partial charge in [0.15, 0.2) is 0 Å². The third-order valence-corrected chi connectivity index (χ3v) is 5.06. The highest BCUT2D eigenvalue weighted by Crippen LogP contribution is 2.19. The molecule has 12 nitrogen and oxygen atoms in total. The standard InChI is InChI=1S/C21H27N5O7/c22-13(19(23)30)5-7-17(27)25-15(6-8-18(28)29)20(31)26-16(21(32)33)9-11-10-24-14-4-2-1-3-12(11)14/h1-4,10,13,15-16,24H,5-9,22H2,(H2,23,30)(H,25,27)(H,26,31)(H,28,29)(H,32,33)/t13-,15+,16+/m1/s1. The number of rotatable bonds is 13. The van der Waals surface area contributed by atoms with Crippen LogP contribution < -0.4 is 22.1 Å². The van der Waals surface area contributed by atoms with Crippen LogP contribution in [0.1, 0.15) is 31.2 Å². The molecule has 3 atom stereocenters. The molecule has 9 N–H and O–H groups in total. The van der Waals surface area contributed by atoms with Crippen LogP contribution >= 0.6 is 0 Å². The minimum atomic E-state index is -1.32. The Balaban J connectivity index is 2.08. The van der Waals surface area contributed by atoms with Crippen molar-refractivity contribution in [1.82, 2.24) is 15.6 Å². The van der Waals surface area contributed by atoms with Crippen molar-refractivity contribution in [2.24, 2.45) is 11.5 Å². The van der Waals surface area contributed by atoms with E-state index in [0.717, 1.165) is 10.9 Å². The van der Waals surface area contributed by atoms with Crippen LogP contribution in [0.5, 0.6) is 0 Å². The van der Waals surface area contributed by atoms with Crippen LogP contribution in [0.3, 0.4) is 0 Å². The van der Waals surface area contributed by atoms with Crippen molar-refractivity contribution in [1.29, 1.82) is 0 Å². The highest BCUT2D eigenvalue weighted by molar-refractivity contribution is 5.91. The average Bonchev–Trinajstić information content (AvgIpc) is 3.16. The Labute approximate surface area is 188 Å². The van der Waals surface area contributed by atoms with E-state index in [-0.39, 0.29) is 25.7 Å². The van der Waals surface area contributed by atoms with Crippen LogP contribution in [0.4, 0.5) is 0 Å². The molecule has 1 aromatic heterocycles. The second-order valence-corrected chi connectivity index (χ2v) is 7.56. The summed E-state index contributed by atoms with van der Waals surface area (Å²) in [5.74, 6) is -4.75. The number of aromatic nitrogens is 1. The van der Waals surface area contributed by atoms with Crippen LogP contribution in [0, 0.1) is 0 Å². The van der Waals surface area contributed by atoms with Gasteiger partial charge in [-0.1, -0.05) is 18.2 Å². The number of para-hydroxylation sites is 1. The third kappa shape index (κ3) is 7.61. The van der Waals surface area contributed by atoms with Crippen LogP contribution in [0.15, 0.2) is 30.5 Å². The number of hydrogen-bond donors (Lipinski definition) is 7. The molecule has 12 heteroatoms. The van der Waals surface area contributed by atoms with Gasteiger partial charge in [0.2, 0.25) is 17.7 Å². The number of carboxylic acid groups (broad SMARTS) is 2. The lowest BCUT2D eigenvalue weighted by Gasteiger charge is -2.21. The van der Waals surface area contributed by atoms with E-state index in [1.807, 2.05) is 18.2 Å². The predicted octanol–water partition coefficient (Wildman–Crippen LogP) is -0.778. The number of aliphatic carboxylic acids is 2. The van der Waals surface area contributed by atoms with E-state index in [1.165, 1.54) is 0 Å². The van der Waals surface area contributed by atoms with Crippen molar-refractivity contribution in [2.45, 2.75) is 50.2 Å². The zero-order valence-corrected chi connectivity index (χ0v) is 17.7. The maximum Gasteiger partial charge on any atom is 0.326 e. The minimum absolute atomic E-state index is 0.0296. The molecule has 2 rings (SSSR count). The van der Waals surface area contributed by atoms with Crippen molar-refractivity contribution in [3.8, 4) is 0 Å². The Morgan fingerprint density at radius 1 is 0.970 bits per heavy atom. The summed E-state index contributed by atoms with van der Waals surface area (Å²) in [5.41, 5.74) is 12.0. The number of H-pyrrole nitrogens is 1. The van der Waals surface area contributed by atoms with Gasteiger partial charge in [0, 0.05) is 36.4 Å². The van der Waals surface area contributed by atoms with Crippen LogP contribution in [0.25, 0.3) is 10.9 Å². The molecule has 0 saturated carbocycles. The normalized spacial score (nSPS) is 13.6. The van der Waals surface area contributed by atoms with Gasteiger partial charge in [0.05, 0.1) is 6.04 Å². The number of carboxylic acids is 2. The van der Waals surface area contributed by atoms with E-state index < -0.39 is 54.2 Å². The van der Waals surface area contributed by atoms with Gasteiger partial charge in [0.25, 0.3) is 0 Å². The van der Waals surface area contributed by atoms with E-state index in [2.05, 4.69) is 15.6 Å². The lowest BCUT2D eigenvalue weighted by atomic mass is 10.0. The molecule has 0 saturated heterocycles. The Morgan fingerprint density at radius 2 is 1.67 bits per heavy atom. The maximum absolute atomic E-state index is 12.8. The molecule has 0 radical (unpaired) electrons. The molecular formula is C21H27N5O7. The lowest BCUT2D eigenvalue weighted by molar-refractivity contribution is -0.143. The van der Waals surface area contributed by atoms with Gasteiger partial charge < -0.3 is 37.3 Å². The molecule has 0 unspecified atom stereocenters. The zero-order chi connectivity index (χ0) is 24.5. The topological polar surface area (TPSA) is 218 Å². The van der Waals surface area contributed by atoms with Gasteiger partial charge in [-0.15, -0.1) is 0 Å². The van der Waals surface area contributed by atoms with E-state index in [9.17, 15) is 29.1 Å². The van der Waals surface area contributed by atoms with Gasteiger partial charge >= 0.3 is 11.9 Å². The smallest absolute Gasteiger partial charge is 0.326 e. The highest BCUT2D eigenvalue weighted by atomic mass is 16.4. The number of fused-ring (bicyclic) bond motifs is 1. The highest BCUT2D eigenvalue weighted by Gasteiger charge is 2.28. The Hall–Kier alpha value is -3.93. The van der Waals surface area contributed by atoms with Crippen LogP contribution in [0.2, 0.25) is 0 Å². The van der Waals surface area contributed by atoms with Crippen LogP contribution in [-0.2, 0) is 30.4 Å². The summed E-state index contributed by atoms with van der Waals surface area (Å²) < 4.78 is 0. The summed E-state index contributed by atoms with van der Waals surface area (Å²) in [5, 5.41) is 24.1. The molecule has 33 heavy (non-hydrogen) atoms. The first-order valence-corrected chi connectivity index (χ1v) is 10.2. The Kier molecular flexibility index (Phi) is 8.92. The molecule has 0 bridgehead atoms. The van der Waals surface area contributed by atoms with E-state index >= 15 is 0 Å². The quantitative estimate of drug-likeness (QED) is 0.200. The first kappa shape index (κ1) is 25.3. The molecule has 0 spiro atoms. The molecular weight excluding hydrogens is 434 g/mol. The number of hydrogen-bond acceptors (Lipinski definition) is 6. The fraction of sp³-hybridized carbons (Fsp3) is 0.381. The molecule has 3 amide bonds. The van der Waals surface area contributed by atoms with Crippen molar-refractivity contribution < 1.29 is 34.2 Å². The molecule has 178 valence electrons. The van der Waals surface area contributed by atoms with Crippen molar-refractivity contribution in [3.63, 3.8) is 0 Å². The minimum Gasteiger partial charge on any atom is -0.481 e. The third-order valence-electron chi connectivity index (χ3n) is 5.06. The van der Waals surface area contributed by atoms with Crippen LogP contribution in [-0.4, -0.2) is 63.0 Å².